The summed E-state index contributed by atoms with van der Waals surface area (Å²) in [5.41, 5.74) is 0.707. The molecule has 0 spiro atoms. The Labute approximate surface area is 92.6 Å². The summed E-state index contributed by atoms with van der Waals surface area (Å²) >= 11 is 3.36. The Morgan fingerprint density at radius 3 is 2.36 bits per heavy atom. The van der Waals surface area contributed by atoms with Gasteiger partial charge in [0.1, 0.15) is 0 Å². The second kappa shape index (κ2) is 4.26. The molecular formula is C12H8BrO. The largest absolute Gasteiger partial charge is 0.293 e. The van der Waals surface area contributed by atoms with Gasteiger partial charge in [-0.1, -0.05) is 34.1 Å². The molecule has 1 aliphatic rings. The number of Topliss-reactive ketones (excluding diaryl/α,β-unsaturated/α-hetero) is 1. The summed E-state index contributed by atoms with van der Waals surface area (Å²) in [6.45, 7) is 0. The molecule has 0 aliphatic heterocycles. The minimum Gasteiger partial charge on any atom is -0.293 e. The predicted molar refractivity (Wildman–Crippen MR) is 58.9 cm³/mol. The van der Waals surface area contributed by atoms with E-state index in [1.54, 1.807) is 0 Å². The number of carbonyl (C=O) groups excluding carboxylic acids is 1. The Morgan fingerprint density at radius 2 is 1.71 bits per heavy atom. The monoisotopic (exact) mass is 247 g/mol. The van der Waals surface area contributed by atoms with Gasteiger partial charge in [-0.15, -0.1) is 0 Å². The summed E-state index contributed by atoms with van der Waals surface area (Å²) in [6, 6.07) is 7.45. The third kappa shape index (κ3) is 1.90. The van der Waals surface area contributed by atoms with Gasteiger partial charge in [0, 0.05) is 10.0 Å². The van der Waals surface area contributed by atoms with Crippen LogP contribution in [0.15, 0.2) is 28.7 Å². The molecule has 1 aromatic rings. The molecule has 1 aromatic carbocycles. The fraction of sp³-hybridized carbons (Fsp3) is 0. The van der Waals surface area contributed by atoms with Crippen molar-refractivity contribution in [3.63, 3.8) is 0 Å². The van der Waals surface area contributed by atoms with Crippen molar-refractivity contribution in [1.82, 2.24) is 0 Å². The molecule has 0 bridgehead atoms. The third-order valence-electron chi connectivity index (χ3n) is 2.04. The molecule has 0 amide bonds. The summed E-state index contributed by atoms with van der Waals surface area (Å²) < 4.78 is 0.839. The van der Waals surface area contributed by atoms with E-state index in [9.17, 15) is 4.79 Å². The Hall–Kier alpha value is -0.630. The van der Waals surface area contributed by atoms with Crippen molar-refractivity contribution in [3.05, 3.63) is 65.9 Å². The molecule has 1 nitrogen and oxygen atoms in total. The maximum absolute atomic E-state index is 11.9. The first kappa shape index (κ1) is 9.91. The average Bonchev–Trinajstić information content (AvgIpc) is 2.70. The average molecular weight is 248 g/mol. The highest BCUT2D eigenvalue weighted by Crippen LogP contribution is 2.29. The van der Waals surface area contributed by atoms with Gasteiger partial charge in [0.15, 0.2) is 5.78 Å². The maximum atomic E-state index is 11.9. The maximum Gasteiger partial charge on any atom is 0.171 e. The van der Waals surface area contributed by atoms with Crippen LogP contribution in [0.5, 0.6) is 0 Å². The van der Waals surface area contributed by atoms with Crippen molar-refractivity contribution in [3.8, 4) is 0 Å². The van der Waals surface area contributed by atoms with Crippen molar-refractivity contribution >= 4 is 21.7 Å². The lowest BCUT2D eigenvalue weighted by Crippen LogP contribution is -2.10. The highest BCUT2D eigenvalue weighted by atomic mass is 79.9. The zero-order chi connectivity index (χ0) is 9.97. The number of hydrogen-bond donors (Lipinski definition) is 0. The van der Waals surface area contributed by atoms with Gasteiger partial charge in [0.05, 0.1) is 5.92 Å². The van der Waals surface area contributed by atoms with Crippen molar-refractivity contribution in [2.45, 2.75) is 0 Å². The second-order valence-corrected chi connectivity index (χ2v) is 3.84. The highest BCUT2D eigenvalue weighted by molar-refractivity contribution is 9.10. The molecule has 0 atom stereocenters. The van der Waals surface area contributed by atoms with E-state index in [4.69, 9.17) is 0 Å². The van der Waals surface area contributed by atoms with Gasteiger partial charge >= 0.3 is 0 Å². The van der Waals surface area contributed by atoms with E-state index in [2.05, 4.69) is 15.9 Å². The van der Waals surface area contributed by atoms with Gasteiger partial charge in [-0.25, -0.2) is 0 Å². The third-order valence-corrected chi connectivity index (χ3v) is 2.73. The van der Waals surface area contributed by atoms with E-state index in [0.29, 0.717) is 5.56 Å². The summed E-state index contributed by atoms with van der Waals surface area (Å²) in [4.78, 5) is 11.9. The van der Waals surface area contributed by atoms with Gasteiger partial charge in [0.2, 0.25) is 0 Å². The van der Waals surface area contributed by atoms with Gasteiger partial charge < -0.3 is 0 Å². The topological polar surface area (TPSA) is 17.1 Å². The van der Waals surface area contributed by atoms with Crippen LogP contribution in [0.2, 0.25) is 0 Å². The second-order valence-electron chi connectivity index (χ2n) is 2.98. The van der Waals surface area contributed by atoms with Crippen LogP contribution in [0.1, 0.15) is 10.4 Å². The normalized spacial score (nSPS) is 17.2. The fourth-order valence-electron chi connectivity index (χ4n) is 1.33. The van der Waals surface area contributed by atoms with Gasteiger partial charge in [0.25, 0.3) is 0 Å². The van der Waals surface area contributed by atoms with Crippen molar-refractivity contribution in [1.29, 1.82) is 0 Å². The van der Waals surface area contributed by atoms with Gasteiger partial charge in [-0.3, -0.25) is 4.79 Å². The number of ketones is 1. The van der Waals surface area contributed by atoms with Crippen LogP contribution in [0.4, 0.5) is 0 Å². The first-order chi connectivity index (χ1) is 6.79. The molecule has 0 aromatic heterocycles. The van der Waals surface area contributed by atoms with Crippen LogP contribution in [0, 0.1) is 31.6 Å². The molecule has 0 heterocycles. The fourth-order valence-corrected chi connectivity index (χ4v) is 1.79. The molecule has 14 heavy (non-hydrogen) atoms. The Bertz CT molecular complexity index is 340. The van der Waals surface area contributed by atoms with Crippen LogP contribution >= 0.6 is 15.9 Å². The van der Waals surface area contributed by atoms with Crippen molar-refractivity contribution in [2.24, 2.45) is 0 Å². The van der Waals surface area contributed by atoms with Gasteiger partial charge in [-0.05, 0) is 31.7 Å². The first-order valence-electron chi connectivity index (χ1n) is 4.30. The van der Waals surface area contributed by atoms with Crippen LogP contribution in [-0.4, -0.2) is 5.78 Å². The van der Waals surface area contributed by atoms with Crippen molar-refractivity contribution in [2.75, 3.05) is 0 Å². The Morgan fingerprint density at radius 1 is 1.07 bits per heavy atom. The van der Waals surface area contributed by atoms with Crippen molar-refractivity contribution < 1.29 is 4.79 Å². The van der Waals surface area contributed by atoms with E-state index in [1.807, 2.05) is 49.9 Å². The van der Waals surface area contributed by atoms with Crippen LogP contribution in [-0.2, 0) is 0 Å². The molecule has 2 rings (SSSR count). The molecule has 1 saturated carbocycles. The Balaban J connectivity index is 2.22. The number of carbonyl (C=O) groups is 1. The number of hydrogen-bond acceptors (Lipinski definition) is 1. The highest BCUT2D eigenvalue weighted by Gasteiger charge is 2.26. The number of halogens is 1. The summed E-state index contributed by atoms with van der Waals surface area (Å²) in [5.74, 6) is 0.791. The zero-order valence-corrected chi connectivity index (χ0v) is 8.99. The molecule has 1 aliphatic carbocycles. The minimum atomic E-state index is 0.0578. The van der Waals surface area contributed by atoms with Crippen LogP contribution in [0.3, 0.4) is 0 Å². The lowest BCUT2D eigenvalue weighted by atomic mass is 9.96. The van der Waals surface area contributed by atoms with E-state index < -0.39 is 0 Å². The SMILES string of the molecule is O=C([C]1[CH][CH][CH][CH]1)c1ccccc1Br. The quantitative estimate of drug-likeness (QED) is 0.735. The smallest absolute Gasteiger partial charge is 0.171 e. The minimum absolute atomic E-state index is 0.0578. The molecule has 0 N–H and O–H groups in total. The molecular weight excluding hydrogens is 240 g/mol. The first-order valence-corrected chi connectivity index (χ1v) is 5.09. The van der Waals surface area contributed by atoms with E-state index in [0.717, 1.165) is 10.4 Å². The van der Waals surface area contributed by atoms with E-state index >= 15 is 0 Å². The summed E-state index contributed by atoms with van der Waals surface area (Å²) in [7, 11) is 0. The van der Waals surface area contributed by atoms with Crippen LogP contribution < -0.4 is 0 Å². The zero-order valence-electron chi connectivity index (χ0n) is 7.41. The molecule has 2 heteroatoms. The summed E-state index contributed by atoms with van der Waals surface area (Å²) in [5, 5.41) is 0. The molecule has 0 unspecified atom stereocenters. The molecule has 1 fully saturated rings. The number of benzene rings is 1. The lowest BCUT2D eigenvalue weighted by molar-refractivity contribution is 0.101. The Kier molecular flexibility index (Phi) is 3.02. The number of rotatable bonds is 2. The van der Waals surface area contributed by atoms with Gasteiger partial charge in [-0.2, -0.15) is 0 Å². The molecule has 5 radical (unpaired) electrons. The molecule has 69 valence electrons. The van der Waals surface area contributed by atoms with Crippen LogP contribution in [0.25, 0.3) is 0 Å². The van der Waals surface area contributed by atoms with E-state index in [1.165, 1.54) is 0 Å². The predicted octanol–water partition coefficient (Wildman–Crippen LogP) is 3.04. The standard InChI is InChI=1S/C12H8BrO/c13-11-8-4-3-7-10(11)12(14)9-5-1-2-6-9/h1-8H. The summed E-state index contributed by atoms with van der Waals surface area (Å²) in [6.07, 6.45) is 7.37. The lowest BCUT2D eigenvalue weighted by Gasteiger charge is -2.07. The van der Waals surface area contributed by atoms with E-state index in [-0.39, 0.29) is 5.78 Å². The molecule has 0 saturated heterocycles.